The molecule has 1 aromatic heterocycles. The first kappa shape index (κ1) is 12.6. The van der Waals surface area contributed by atoms with Crippen molar-refractivity contribution in [2.45, 2.75) is 38.3 Å². The highest BCUT2D eigenvalue weighted by molar-refractivity contribution is 5.75. The molecule has 1 fully saturated rings. The van der Waals surface area contributed by atoms with Crippen molar-refractivity contribution in [2.75, 3.05) is 13.2 Å². The van der Waals surface area contributed by atoms with Gasteiger partial charge in [0.25, 0.3) is 0 Å². The molecule has 0 saturated carbocycles. The van der Waals surface area contributed by atoms with Crippen LogP contribution in [0.2, 0.25) is 0 Å². The van der Waals surface area contributed by atoms with E-state index in [0.29, 0.717) is 0 Å². The summed E-state index contributed by atoms with van der Waals surface area (Å²) in [5, 5.41) is 0. The first-order valence-electron chi connectivity index (χ1n) is 7.03. The van der Waals surface area contributed by atoms with Crippen LogP contribution in [0.5, 0.6) is 0 Å². The Kier molecular flexibility index (Phi) is 3.29. The van der Waals surface area contributed by atoms with E-state index in [9.17, 15) is 0 Å². The molecular formula is C15H21N3O. The Morgan fingerprint density at radius 3 is 2.79 bits per heavy atom. The van der Waals surface area contributed by atoms with Crippen LogP contribution in [0.3, 0.4) is 0 Å². The second-order valence-corrected chi connectivity index (χ2v) is 5.41. The fourth-order valence-corrected chi connectivity index (χ4v) is 2.88. The number of aromatic nitrogens is 2. The van der Waals surface area contributed by atoms with Crippen molar-refractivity contribution in [3.05, 3.63) is 30.1 Å². The van der Waals surface area contributed by atoms with Crippen LogP contribution in [0, 0.1) is 0 Å². The lowest BCUT2D eigenvalue weighted by Gasteiger charge is -2.33. The molecule has 3 rings (SSSR count). The zero-order valence-electron chi connectivity index (χ0n) is 11.4. The monoisotopic (exact) mass is 259 g/mol. The van der Waals surface area contributed by atoms with Crippen molar-refractivity contribution in [3.63, 3.8) is 0 Å². The molecule has 1 aliphatic rings. The van der Waals surface area contributed by atoms with Crippen molar-refractivity contribution < 1.29 is 4.74 Å². The maximum atomic E-state index is 6.50. The lowest BCUT2D eigenvalue weighted by molar-refractivity contribution is 0.0525. The Hall–Kier alpha value is -1.39. The summed E-state index contributed by atoms with van der Waals surface area (Å²) in [6.45, 7) is 4.62. The summed E-state index contributed by atoms with van der Waals surface area (Å²) in [4.78, 5) is 4.76. The number of hydrogen-bond acceptors (Lipinski definition) is 3. The molecule has 1 aromatic carbocycles. The molecule has 2 heterocycles. The molecule has 0 amide bonds. The third kappa shape index (κ3) is 2.38. The van der Waals surface area contributed by atoms with E-state index in [1.165, 1.54) is 5.52 Å². The lowest BCUT2D eigenvalue weighted by Crippen LogP contribution is -2.47. The zero-order valence-corrected chi connectivity index (χ0v) is 11.4. The van der Waals surface area contributed by atoms with E-state index < -0.39 is 0 Å². The van der Waals surface area contributed by atoms with E-state index in [0.717, 1.165) is 50.4 Å². The fraction of sp³-hybridized carbons (Fsp3) is 0.533. The van der Waals surface area contributed by atoms with Gasteiger partial charge in [-0.25, -0.2) is 4.98 Å². The van der Waals surface area contributed by atoms with E-state index >= 15 is 0 Å². The summed E-state index contributed by atoms with van der Waals surface area (Å²) in [6.07, 6.45) is 2.67. The highest BCUT2D eigenvalue weighted by atomic mass is 16.5. The standard InChI is InChI=1S/C15H21N3O/c1-2-18-13-6-4-3-5-12(13)17-14(18)11-15(16)7-9-19-10-8-15/h3-6H,2,7-11,16H2,1H3. The first-order valence-corrected chi connectivity index (χ1v) is 7.03. The third-order valence-corrected chi connectivity index (χ3v) is 4.05. The van der Waals surface area contributed by atoms with E-state index in [1.54, 1.807) is 0 Å². The molecular weight excluding hydrogens is 238 g/mol. The van der Waals surface area contributed by atoms with Crippen LogP contribution in [0.15, 0.2) is 24.3 Å². The summed E-state index contributed by atoms with van der Waals surface area (Å²) in [7, 11) is 0. The van der Waals surface area contributed by atoms with Gasteiger partial charge in [-0.1, -0.05) is 12.1 Å². The third-order valence-electron chi connectivity index (χ3n) is 4.05. The van der Waals surface area contributed by atoms with Gasteiger partial charge in [0.1, 0.15) is 5.82 Å². The molecule has 1 saturated heterocycles. The summed E-state index contributed by atoms with van der Waals surface area (Å²) >= 11 is 0. The number of para-hydroxylation sites is 2. The van der Waals surface area contributed by atoms with E-state index in [1.807, 2.05) is 6.07 Å². The molecule has 2 N–H and O–H groups in total. The van der Waals surface area contributed by atoms with Crippen LogP contribution in [0.1, 0.15) is 25.6 Å². The lowest BCUT2D eigenvalue weighted by atomic mass is 9.87. The number of imidazole rings is 1. The van der Waals surface area contributed by atoms with Gasteiger partial charge in [0.05, 0.1) is 11.0 Å². The van der Waals surface area contributed by atoms with Gasteiger partial charge in [0.2, 0.25) is 0 Å². The Labute approximate surface area is 113 Å². The maximum absolute atomic E-state index is 6.50. The SMILES string of the molecule is CCn1c(CC2(N)CCOCC2)nc2ccccc21. The summed E-state index contributed by atoms with van der Waals surface area (Å²) < 4.78 is 7.69. The molecule has 2 aromatic rings. The molecule has 0 bridgehead atoms. The number of fused-ring (bicyclic) bond motifs is 1. The van der Waals surface area contributed by atoms with Gasteiger partial charge in [0, 0.05) is 31.7 Å². The van der Waals surface area contributed by atoms with Gasteiger partial charge in [-0.2, -0.15) is 0 Å². The van der Waals surface area contributed by atoms with Crippen molar-refractivity contribution in [1.29, 1.82) is 0 Å². The van der Waals surface area contributed by atoms with Crippen molar-refractivity contribution in [1.82, 2.24) is 9.55 Å². The Balaban J connectivity index is 1.95. The molecule has 0 radical (unpaired) electrons. The molecule has 4 heteroatoms. The molecule has 4 nitrogen and oxygen atoms in total. The molecule has 0 spiro atoms. The van der Waals surface area contributed by atoms with Crippen molar-refractivity contribution in [3.8, 4) is 0 Å². The number of aryl methyl sites for hydroxylation is 1. The Bertz CT molecular complexity index is 570. The van der Waals surface area contributed by atoms with E-state index in [4.69, 9.17) is 15.5 Å². The van der Waals surface area contributed by atoms with Crippen LogP contribution in [-0.2, 0) is 17.7 Å². The number of ether oxygens (including phenoxy) is 1. The number of hydrogen-bond donors (Lipinski definition) is 1. The average molecular weight is 259 g/mol. The van der Waals surface area contributed by atoms with Gasteiger partial charge >= 0.3 is 0 Å². The average Bonchev–Trinajstić information content (AvgIpc) is 2.75. The van der Waals surface area contributed by atoms with Crippen LogP contribution in [0.4, 0.5) is 0 Å². The maximum Gasteiger partial charge on any atom is 0.111 e. The summed E-state index contributed by atoms with van der Waals surface area (Å²) in [6, 6.07) is 8.29. The van der Waals surface area contributed by atoms with Gasteiger partial charge in [-0.05, 0) is 31.9 Å². The number of nitrogens with zero attached hydrogens (tertiary/aromatic N) is 2. The highest BCUT2D eigenvalue weighted by Gasteiger charge is 2.30. The molecule has 19 heavy (non-hydrogen) atoms. The number of benzene rings is 1. The Morgan fingerprint density at radius 2 is 2.05 bits per heavy atom. The molecule has 0 unspecified atom stereocenters. The van der Waals surface area contributed by atoms with Crippen molar-refractivity contribution >= 4 is 11.0 Å². The normalized spacial score (nSPS) is 18.8. The van der Waals surface area contributed by atoms with Gasteiger partial charge in [-0.3, -0.25) is 0 Å². The van der Waals surface area contributed by atoms with Gasteiger partial charge < -0.3 is 15.0 Å². The molecule has 102 valence electrons. The number of rotatable bonds is 3. The molecule has 0 aliphatic carbocycles. The van der Waals surface area contributed by atoms with E-state index in [-0.39, 0.29) is 5.54 Å². The van der Waals surface area contributed by atoms with Crippen molar-refractivity contribution in [2.24, 2.45) is 5.73 Å². The molecule has 1 aliphatic heterocycles. The van der Waals surface area contributed by atoms with Crippen LogP contribution in [0.25, 0.3) is 11.0 Å². The predicted octanol–water partition coefficient (Wildman–Crippen LogP) is 2.11. The zero-order chi connectivity index (χ0) is 13.3. The minimum Gasteiger partial charge on any atom is -0.381 e. The smallest absolute Gasteiger partial charge is 0.111 e. The first-order chi connectivity index (χ1) is 9.22. The second-order valence-electron chi connectivity index (χ2n) is 5.41. The van der Waals surface area contributed by atoms with Crippen LogP contribution in [-0.4, -0.2) is 28.3 Å². The van der Waals surface area contributed by atoms with E-state index in [2.05, 4.69) is 29.7 Å². The van der Waals surface area contributed by atoms with Gasteiger partial charge in [-0.15, -0.1) is 0 Å². The second kappa shape index (κ2) is 4.94. The minimum absolute atomic E-state index is 0.160. The number of nitrogens with two attached hydrogens (primary N) is 1. The largest absolute Gasteiger partial charge is 0.381 e. The Morgan fingerprint density at radius 1 is 1.32 bits per heavy atom. The van der Waals surface area contributed by atoms with Crippen LogP contribution >= 0.6 is 0 Å². The minimum atomic E-state index is -0.160. The highest BCUT2D eigenvalue weighted by Crippen LogP contribution is 2.24. The van der Waals surface area contributed by atoms with Gasteiger partial charge in [0.15, 0.2) is 0 Å². The van der Waals surface area contributed by atoms with Crippen LogP contribution < -0.4 is 5.73 Å². The molecule has 0 atom stereocenters. The predicted molar refractivity (Wildman–Crippen MR) is 76.1 cm³/mol. The summed E-state index contributed by atoms with van der Waals surface area (Å²) in [5.74, 6) is 1.10. The topological polar surface area (TPSA) is 53.1 Å². The summed E-state index contributed by atoms with van der Waals surface area (Å²) in [5.41, 5.74) is 8.61. The quantitative estimate of drug-likeness (QED) is 0.918. The fourth-order valence-electron chi connectivity index (χ4n) is 2.88.